The molecule has 0 bridgehead atoms. The van der Waals surface area contributed by atoms with E-state index in [0.29, 0.717) is 5.16 Å². The summed E-state index contributed by atoms with van der Waals surface area (Å²) < 4.78 is 0. The molecule has 94 valence electrons. The number of hydrogen-bond donors (Lipinski definition) is 2. The Balaban J connectivity index is 2.22. The van der Waals surface area contributed by atoms with E-state index in [1.807, 2.05) is 19.2 Å². The molecule has 0 aromatic carbocycles. The summed E-state index contributed by atoms with van der Waals surface area (Å²) in [6.45, 7) is 2.08. The minimum absolute atomic E-state index is 0.160. The highest BCUT2D eigenvalue weighted by Crippen LogP contribution is 2.23. The molecule has 0 saturated carbocycles. The van der Waals surface area contributed by atoms with Gasteiger partial charge in [0.25, 0.3) is 5.56 Å². The Kier molecular flexibility index (Phi) is 4.11. The van der Waals surface area contributed by atoms with Gasteiger partial charge in [-0.2, -0.15) is 0 Å². The van der Waals surface area contributed by atoms with E-state index in [1.54, 1.807) is 6.20 Å². The van der Waals surface area contributed by atoms with Crippen LogP contribution in [0.5, 0.6) is 0 Å². The van der Waals surface area contributed by atoms with Crippen LogP contribution >= 0.6 is 11.8 Å². The van der Waals surface area contributed by atoms with Crippen LogP contribution in [0, 0.1) is 0 Å². The van der Waals surface area contributed by atoms with Crippen LogP contribution in [-0.4, -0.2) is 22.0 Å². The van der Waals surface area contributed by atoms with Crippen LogP contribution < -0.4 is 10.9 Å². The molecule has 0 aliphatic heterocycles. The molecule has 5 nitrogen and oxygen atoms in total. The summed E-state index contributed by atoms with van der Waals surface area (Å²) >= 11 is 1.34. The van der Waals surface area contributed by atoms with Gasteiger partial charge in [-0.15, -0.1) is 0 Å². The Morgan fingerprint density at radius 2 is 2.11 bits per heavy atom. The van der Waals surface area contributed by atoms with E-state index in [4.69, 9.17) is 0 Å². The van der Waals surface area contributed by atoms with E-state index >= 15 is 0 Å². The van der Waals surface area contributed by atoms with Gasteiger partial charge in [-0.1, -0.05) is 0 Å². The molecule has 2 rings (SSSR count). The van der Waals surface area contributed by atoms with E-state index in [-0.39, 0.29) is 11.6 Å². The largest absolute Gasteiger partial charge is 0.313 e. The molecule has 2 N–H and O–H groups in total. The Labute approximate surface area is 109 Å². The monoisotopic (exact) mass is 262 g/mol. The molecule has 0 fully saturated rings. The van der Waals surface area contributed by atoms with Crippen LogP contribution in [-0.2, 0) is 0 Å². The minimum Gasteiger partial charge on any atom is -0.313 e. The molecule has 0 aliphatic carbocycles. The number of H-pyrrole nitrogens is 1. The van der Waals surface area contributed by atoms with Gasteiger partial charge in [-0.05, 0) is 43.4 Å². The van der Waals surface area contributed by atoms with Crippen molar-refractivity contribution in [3.05, 3.63) is 46.5 Å². The molecule has 0 radical (unpaired) electrons. The second-order valence-corrected chi connectivity index (χ2v) is 4.79. The van der Waals surface area contributed by atoms with Crippen molar-refractivity contribution in [3.8, 4) is 0 Å². The molecule has 0 spiro atoms. The number of nitrogens with zero attached hydrogens (tertiary/aromatic N) is 2. The smallest absolute Gasteiger partial charge is 0.251 e. The van der Waals surface area contributed by atoms with Gasteiger partial charge in [0, 0.05) is 24.5 Å². The highest BCUT2D eigenvalue weighted by molar-refractivity contribution is 7.99. The standard InChI is InChI=1S/C12H14N4OS/c1-8(13-2)9-3-5-14-11(7-9)18-12-15-6-4-10(17)16-12/h3-8,13H,1-2H3,(H,15,16,17). The molecule has 0 saturated heterocycles. The molecule has 0 aliphatic rings. The van der Waals surface area contributed by atoms with E-state index in [9.17, 15) is 4.79 Å². The van der Waals surface area contributed by atoms with Crippen molar-refractivity contribution in [2.24, 2.45) is 0 Å². The maximum atomic E-state index is 11.2. The zero-order valence-corrected chi connectivity index (χ0v) is 11.0. The van der Waals surface area contributed by atoms with Crippen molar-refractivity contribution in [2.45, 2.75) is 23.1 Å². The van der Waals surface area contributed by atoms with Gasteiger partial charge in [0.05, 0.1) is 0 Å². The Morgan fingerprint density at radius 3 is 2.83 bits per heavy atom. The van der Waals surface area contributed by atoms with Crippen LogP contribution in [0.15, 0.2) is 45.6 Å². The number of rotatable bonds is 4. The maximum Gasteiger partial charge on any atom is 0.251 e. The van der Waals surface area contributed by atoms with Gasteiger partial charge in [0.2, 0.25) is 0 Å². The molecular formula is C12H14N4OS. The van der Waals surface area contributed by atoms with Crippen LogP contribution in [0.3, 0.4) is 0 Å². The Bertz CT molecular complexity index is 584. The fourth-order valence-electron chi connectivity index (χ4n) is 1.42. The van der Waals surface area contributed by atoms with Gasteiger partial charge in [-0.3, -0.25) is 4.79 Å². The van der Waals surface area contributed by atoms with E-state index in [2.05, 4.69) is 27.2 Å². The Hall–Kier alpha value is -1.66. The summed E-state index contributed by atoms with van der Waals surface area (Å²) in [6, 6.07) is 5.59. The molecular weight excluding hydrogens is 248 g/mol. The first-order chi connectivity index (χ1) is 8.69. The molecule has 1 atom stereocenters. The average molecular weight is 262 g/mol. The Morgan fingerprint density at radius 1 is 1.33 bits per heavy atom. The van der Waals surface area contributed by atoms with E-state index < -0.39 is 0 Å². The summed E-state index contributed by atoms with van der Waals surface area (Å²) in [6.07, 6.45) is 3.24. The molecule has 0 amide bonds. The fraction of sp³-hybridized carbons (Fsp3) is 0.250. The molecule has 2 aromatic rings. The van der Waals surface area contributed by atoms with Crippen LogP contribution in [0.2, 0.25) is 0 Å². The quantitative estimate of drug-likeness (QED) is 0.819. The van der Waals surface area contributed by atoms with Crippen molar-refractivity contribution >= 4 is 11.8 Å². The van der Waals surface area contributed by atoms with Gasteiger partial charge < -0.3 is 10.3 Å². The van der Waals surface area contributed by atoms with Crippen LogP contribution in [0.25, 0.3) is 0 Å². The maximum absolute atomic E-state index is 11.2. The van der Waals surface area contributed by atoms with Crippen LogP contribution in [0.1, 0.15) is 18.5 Å². The third kappa shape index (κ3) is 3.18. The lowest BCUT2D eigenvalue weighted by molar-refractivity contribution is 0.649. The van der Waals surface area contributed by atoms with Crippen molar-refractivity contribution in [3.63, 3.8) is 0 Å². The predicted molar refractivity (Wildman–Crippen MR) is 70.7 cm³/mol. The summed E-state index contributed by atoms with van der Waals surface area (Å²) in [4.78, 5) is 22.2. The summed E-state index contributed by atoms with van der Waals surface area (Å²) in [5.41, 5.74) is 0.987. The third-order valence-corrected chi connectivity index (χ3v) is 3.37. The van der Waals surface area contributed by atoms with Gasteiger partial charge >= 0.3 is 0 Å². The zero-order chi connectivity index (χ0) is 13.0. The van der Waals surface area contributed by atoms with E-state index in [1.165, 1.54) is 24.0 Å². The summed E-state index contributed by atoms with van der Waals surface area (Å²) in [7, 11) is 1.91. The molecule has 2 aromatic heterocycles. The zero-order valence-electron chi connectivity index (χ0n) is 10.2. The van der Waals surface area contributed by atoms with Crippen molar-refractivity contribution < 1.29 is 0 Å². The topological polar surface area (TPSA) is 70.7 Å². The van der Waals surface area contributed by atoms with E-state index in [0.717, 1.165) is 10.6 Å². The molecule has 2 heterocycles. The lowest BCUT2D eigenvalue weighted by Gasteiger charge is -2.10. The first-order valence-corrected chi connectivity index (χ1v) is 6.37. The number of pyridine rings is 1. The average Bonchev–Trinajstić information content (AvgIpc) is 2.38. The number of aromatic amines is 1. The number of hydrogen-bond acceptors (Lipinski definition) is 5. The first kappa shape index (κ1) is 12.8. The van der Waals surface area contributed by atoms with Crippen LogP contribution in [0.4, 0.5) is 0 Å². The summed E-state index contributed by atoms with van der Waals surface area (Å²) in [5, 5.41) is 4.53. The fourth-order valence-corrected chi connectivity index (χ4v) is 2.19. The van der Waals surface area contributed by atoms with Crippen molar-refractivity contribution in [1.82, 2.24) is 20.3 Å². The molecule has 1 unspecified atom stereocenters. The highest BCUT2D eigenvalue weighted by Gasteiger charge is 2.06. The van der Waals surface area contributed by atoms with Crippen molar-refractivity contribution in [1.29, 1.82) is 0 Å². The van der Waals surface area contributed by atoms with Gasteiger partial charge in [-0.25, -0.2) is 9.97 Å². The van der Waals surface area contributed by atoms with Gasteiger partial charge in [0.1, 0.15) is 5.03 Å². The number of nitrogens with one attached hydrogen (secondary N) is 2. The molecule has 6 heteroatoms. The third-order valence-electron chi connectivity index (χ3n) is 2.54. The van der Waals surface area contributed by atoms with Gasteiger partial charge in [0.15, 0.2) is 5.16 Å². The minimum atomic E-state index is -0.160. The summed E-state index contributed by atoms with van der Waals surface area (Å²) in [5.74, 6) is 0. The highest BCUT2D eigenvalue weighted by atomic mass is 32.2. The first-order valence-electron chi connectivity index (χ1n) is 5.55. The predicted octanol–water partition coefficient (Wildman–Crippen LogP) is 1.60. The van der Waals surface area contributed by atoms with Crippen molar-refractivity contribution in [2.75, 3.05) is 7.05 Å². The SMILES string of the molecule is CNC(C)c1ccnc(Sc2nccc(=O)[nH]2)c1. The lowest BCUT2D eigenvalue weighted by atomic mass is 10.1. The number of aromatic nitrogens is 3. The molecule has 18 heavy (non-hydrogen) atoms. The normalized spacial score (nSPS) is 12.3. The second kappa shape index (κ2) is 5.79. The second-order valence-electron chi connectivity index (χ2n) is 3.78. The lowest BCUT2D eigenvalue weighted by Crippen LogP contribution is -2.12.